The third kappa shape index (κ3) is 2.84. The number of hydrogen-bond acceptors (Lipinski definition) is 5. The van der Waals surface area contributed by atoms with Crippen molar-refractivity contribution in [2.24, 2.45) is 12.8 Å². The lowest BCUT2D eigenvalue weighted by atomic mass is 9.97. The van der Waals surface area contributed by atoms with Gasteiger partial charge in [0.2, 0.25) is 0 Å². The average Bonchev–Trinajstić information content (AvgIpc) is 3.07. The second-order valence-electron chi connectivity index (χ2n) is 6.38. The van der Waals surface area contributed by atoms with Crippen LogP contribution in [0.15, 0.2) is 18.6 Å². The quantitative estimate of drug-likeness (QED) is 0.913. The summed E-state index contributed by atoms with van der Waals surface area (Å²) < 4.78 is 2.02. The molecule has 7 nitrogen and oxygen atoms in total. The summed E-state index contributed by atoms with van der Waals surface area (Å²) in [6.45, 7) is 5.73. The first-order valence-corrected chi connectivity index (χ1v) is 7.76. The fourth-order valence-electron chi connectivity index (χ4n) is 3.19. The van der Waals surface area contributed by atoms with Gasteiger partial charge in [0.1, 0.15) is 11.5 Å². The Hall–Kier alpha value is -2.28. The van der Waals surface area contributed by atoms with E-state index in [1.54, 1.807) is 12.4 Å². The van der Waals surface area contributed by atoms with Crippen molar-refractivity contribution in [3.05, 3.63) is 41.5 Å². The molecule has 1 fully saturated rings. The number of nitrogens with zero attached hydrogens (tertiary/aromatic N) is 5. The first kappa shape index (κ1) is 15.6. The number of likely N-dealkylation sites (tertiary alicyclic amines) is 1. The Kier molecular flexibility index (Phi) is 3.89. The maximum atomic E-state index is 11.5. The summed E-state index contributed by atoms with van der Waals surface area (Å²) in [4.78, 5) is 27.1. The zero-order valence-corrected chi connectivity index (χ0v) is 13.8. The molecule has 0 bridgehead atoms. The molecule has 3 heterocycles. The zero-order valence-electron chi connectivity index (χ0n) is 13.8. The third-order valence-electron chi connectivity index (χ3n) is 4.65. The van der Waals surface area contributed by atoms with Crippen molar-refractivity contribution in [2.75, 3.05) is 6.54 Å². The highest BCUT2D eigenvalue weighted by atomic mass is 16.1. The van der Waals surface area contributed by atoms with Gasteiger partial charge in [0, 0.05) is 25.5 Å². The van der Waals surface area contributed by atoms with Crippen LogP contribution in [0, 0.1) is 6.92 Å². The lowest BCUT2D eigenvalue weighted by molar-refractivity contribution is 0.0991. The van der Waals surface area contributed by atoms with Crippen LogP contribution in [0.1, 0.15) is 47.5 Å². The van der Waals surface area contributed by atoms with Crippen molar-refractivity contribution in [1.29, 1.82) is 0 Å². The van der Waals surface area contributed by atoms with Crippen LogP contribution in [0.2, 0.25) is 0 Å². The molecular weight excluding hydrogens is 292 g/mol. The molecule has 0 aromatic carbocycles. The van der Waals surface area contributed by atoms with Crippen molar-refractivity contribution in [2.45, 2.75) is 38.8 Å². The maximum absolute atomic E-state index is 11.5. The van der Waals surface area contributed by atoms with Gasteiger partial charge < -0.3 is 10.3 Å². The Morgan fingerprint density at radius 3 is 2.87 bits per heavy atom. The van der Waals surface area contributed by atoms with Crippen LogP contribution >= 0.6 is 0 Å². The summed E-state index contributed by atoms with van der Waals surface area (Å²) in [5.74, 6) is 0.155. The van der Waals surface area contributed by atoms with E-state index < -0.39 is 5.91 Å². The Bertz CT molecular complexity index is 740. The molecule has 122 valence electrons. The molecule has 0 unspecified atom stereocenters. The molecule has 1 aliphatic rings. The number of imidazole rings is 1. The minimum absolute atomic E-state index is 0.279. The number of primary amides is 1. The number of rotatable bonds is 4. The van der Waals surface area contributed by atoms with Crippen LogP contribution in [0.4, 0.5) is 0 Å². The van der Waals surface area contributed by atoms with Crippen LogP contribution in [0.3, 0.4) is 0 Å². The van der Waals surface area contributed by atoms with Gasteiger partial charge in [-0.3, -0.25) is 9.69 Å². The van der Waals surface area contributed by atoms with E-state index in [0.717, 1.165) is 37.3 Å². The first-order chi connectivity index (χ1) is 10.9. The maximum Gasteiger partial charge on any atom is 0.267 e. The number of amides is 1. The molecule has 0 radical (unpaired) electrons. The van der Waals surface area contributed by atoms with Gasteiger partial charge in [-0.2, -0.15) is 0 Å². The molecule has 1 atom stereocenters. The Morgan fingerprint density at radius 2 is 2.22 bits per heavy atom. The summed E-state index contributed by atoms with van der Waals surface area (Å²) in [7, 11) is 1.99. The van der Waals surface area contributed by atoms with Gasteiger partial charge in [0.05, 0.1) is 17.6 Å². The highest BCUT2D eigenvalue weighted by Gasteiger charge is 2.41. The Labute approximate surface area is 135 Å². The molecule has 2 aromatic heterocycles. The molecule has 2 N–H and O–H groups in total. The van der Waals surface area contributed by atoms with E-state index >= 15 is 0 Å². The standard InChI is InChI=1S/C16H22N6O/c1-11-7-13(14(17)23)20-15(19-11)16(2)5-4-6-22(16)9-12-8-18-10-21(12)3/h7-8,10H,4-6,9H2,1-3H3,(H2,17,23)/t16-/m0/s1. The van der Waals surface area contributed by atoms with Crippen molar-refractivity contribution >= 4 is 5.91 Å². The summed E-state index contributed by atoms with van der Waals surface area (Å²) in [6, 6.07) is 1.63. The van der Waals surface area contributed by atoms with Crippen molar-refractivity contribution < 1.29 is 4.79 Å². The summed E-state index contributed by atoms with van der Waals surface area (Å²) in [6.07, 6.45) is 5.70. The molecule has 0 aliphatic carbocycles. The molecule has 0 saturated carbocycles. The van der Waals surface area contributed by atoms with E-state index in [1.807, 2.05) is 24.7 Å². The topological polar surface area (TPSA) is 89.9 Å². The normalized spacial score (nSPS) is 21.7. The van der Waals surface area contributed by atoms with Crippen molar-refractivity contribution in [3.63, 3.8) is 0 Å². The van der Waals surface area contributed by atoms with E-state index in [9.17, 15) is 4.79 Å². The highest BCUT2D eigenvalue weighted by Crippen LogP contribution is 2.37. The number of aromatic nitrogens is 4. The van der Waals surface area contributed by atoms with Crippen LogP contribution < -0.4 is 5.73 Å². The number of hydrogen-bond donors (Lipinski definition) is 1. The highest BCUT2D eigenvalue weighted by molar-refractivity contribution is 5.90. The third-order valence-corrected chi connectivity index (χ3v) is 4.65. The van der Waals surface area contributed by atoms with Crippen LogP contribution in [0.25, 0.3) is 0 Å². The van der Waals surface area contributed by atoms with Crippen molar-refractivity contribution in [1.82, 2.24) is 24.4 Å². The molecular formula is C16H22N6O. The number of nitrogens with two attached hydrogens (primary N) is 1. The predicted octanol–water partition coefficient (Wildman–Crippen LogP) is 1.13. The second-order valence-corrected chi connectivity index (χ2v) is 6.38. The zero-order chi connectivity index (χ0) is 16.6. The van der Waals surface area contributed by atoms with Crippen LogP contribution in [-0.2, 0) is 19.1 Å². The lowest BCUT2D eigenvalue weighted by Gasteiger charge is -2.34. The Balaban J connectivity index is 1.96. The molecule has 7 heteroatoms. The number of aryl methyl sites for hydroxylation is 2. The molecule has 23 heavy (non-hydrogen) atoms. The summed E-state index contributed by atoms with van der Waals surface area (Å²) in [5, 5.41) is 0. The SMILES string of the molecule is Cc1cc(C(N)=O)nc([C@]2(C)CCCN2Cc2cncn2C)n1. The van der Waals surface area contributed by atoms with E-state index in [1.165, 1.54) is 0 Å². The lowest BCUT2D eigenvalue weighted by Crippen LogP contribution is -2.40. The largest absolute Gasteiger partial charge is 0.364 e. The second kappa shape index (κ2) is 5.73. The molecule has 3 rings (SSSR count). The monoisotopic (exact) mass is 314 g/mol. The number of carbonyl (C=O) groups excluding carboxylic acids is 1. The van der Waals surface area contributed by atoms with E-state index in [2.05, 4.69) is 26.8 Å². The molecule has 1 saturated heterocycles. The molecule has 1 amide bonds. The van der Waals surface area contributed by atoms with Crippen LogP contribution in [0.5, 0.6) is 0 Å². The average molecular weight is 314 g/mol. The van der Waals surface area contributed by atoms with Crippen molar-refractivity contribution in [3.8, 4) is 0 Å². The van der Waals surface area contributed by atoms with E-state index in [-0.39, 0.29) is 11.2 Å². The van der Waals surface area contributed by atoms with Gasteiger partial charge in [-0.05, 0) is 39.3 Å². The molecule has 0 spiro atoms. The summed E-state index contributed by atoms with van der Waals surface area (Å²) in [5.41, 5.74) is 7.28. The fraction of sp³-hybridized carbons (Fsp3) is 0.500. The van der Waals surface area contributed by atoms with Gasteiger partial charge >= 0.3 is 0 Å². The Morgan fingerprint density at radius 1 is 1.43 bits per heavy atom. The minimum Gasteiger partial charge on any atom is -0.364 e. The number of carbonyl (C=O) groups is 1. The molecule has 2 aromatic rings. The first-order valence-electron chi connectivity index (χ1n) is 7.76. The predicted molar refractivity (Wildman–Crippen MR) is 85.5 cm³/mol. The smallest absolute Gasteiger partial charge is 0.267 e. The van der Waals surface area contributed by atoms with E-state index in [0.29, 0.717) is 5.82 Å². The van der Waals surface area contributed by atoms with Gasteiger partial charge in [-0.15, -0.1) is 0 Å². The van der Waals surface area contributed by atoms with Gasteiger partial charge in [0.25, 0.3) is 5.91 Å². The summed E-state index contributed by atoms with van der Waals surface area (Å²) >= 11 is 0. The minimum atomic E-state index is -0.517. The van der Waals surface area contributed by atoms with Gasteiger partial charge in [0.15, 0.2) is 0 Å². The van der Waals surface area contributed by atoms with Gasteiger partial charge in [-0.25, -0.2) is 15.0 Å². The van der Waals surface area contributed by atoms with E-state index in [4.69, 9.17) is 5.73 Å². The molecule has 1 aliphatic heterocycles. The van der Waals surface area contributed by atoms with Gasteiger partial charge in [-0.1, -0.05) is 0 Å². The van der Waals surface area contributed by atoms with Crippen LogP contribution in [-0.4, -0.2) is 36.9 Å². The fourth-order valence-corrected chi connectivity index (χ4v) is 3.19.